The molecule has 0 aromatic heterocycles. The van der Waals surface area contributed by atoms with Gasteiger partial charge in [-0.15, -0.1) is 0 Å². The number of benzene rings is 1. The second kappa shape index (κ2) is 9.33. The van der Waals surface area contributed by atoms with Crippen molar-refractivity contribution in [3.63, 3.8) is 0 Å². The first kappa shape index (κ1) is 22.8. The zero-order chi connectivity index (χ0) is 21.8. The first-order chi connectivity index (χ1) is 13.5. The fourth-order valence-electron chi connectivity index (χ4n) is 3.23. The highest BCUT2D eigenvalue weighted by atomic mass is 16.6. The summed E-state index contributed by atoms with van der Waals surface area (Å²) in [6.07, 6.45) is 5.36. The summed E-state index contributed by atoms with van der Waals surface area (Å²) in [5.41, 5.74) is 3.60. The van der Waals surface area contributed by atoms with Crippen LogP contribution in [0.2, 0.25) is 0 Å². The predicted molar refractivity (Wildman–Crippen MR) is 113 cm³/mol. The van der Waals surface area contributed by atoms with Crippen LogP contribution in [-0.4, -0.2) is 33.7 Å². The van der Waals surface area contributed by atoms with Crippen LogP contribution in [0.4, 0.5) is 0 Å². The quantitative estimate of drug-likeness (QED) is 0.506. The van der Waals surface area contributed by atoms with E-state index >= 15 is 0 Å². The van der Waals surface area contributed by atoms with E-state index in [1.165, 1.54) is 6.08 Å². The number of hydrogen-bond donors (Lipinski definition) is 2. The van der Waals surface area contributed by atoms with Gasteiger partial charge in [0, 0.05) is 6.42 Å². The number of Topliss-reactive ketones (excluding diaryl/α,β-unsaturated/α-hetero) is 2. The van der Waals surface area contributed by atoms with Crippen LogP contribution in [0, 0.1) is 6.92 Å². The van der Waals surface area contributed by atoms with Crippen molar-refractivity contribution >= 4 is 11.6 Å². The summed E-state index contributed by atoms with van der Waals surface area (Å²) < 4.78 is 5.54. The number of rotatable bonds is 8. The number of allylic oxidation sites excluding steroid dienone is 3. The van der Waals surface area contributed by atoms with Crippen molar-refractivity contribution in [1.29, 1.82) is 0 Å². The van der Waals surface area contributed by atoms with Crippen molar-refractivity contribution in [3.8, 4) is 5.75 Å². The molecule has 1 aromatic rings. The lowest BCUT2D eigenvalue weighted by atomic mass is 9.98. The third-order valence-corrected chi connectivity index (χ3v) is 4.96. The Kier molecular flexibility index (Phi) is 7.33. The molecule has 2 N–H and O–H groups in total. The Morgan fingerprint density at radius 1 is 1.21 bits per heavy atom. The maximum Gasteiger partial charge on any atom is 0.276 e. The zero-order valence-electron chi connectivity index (χ0n) is 17.8. The minimum Gasteiger partial charge on any atom is -0.453 e. The van der Waals surface area contributed by atoms with Crippen LogP contribution < -0.4 is 4.74 Å². The Hall–Kier alpha value is -2.50. The Bertz CT molecular complexity index is 887. The van der Waals surface area contributed by atoms with Crippen molar-refractivity contribution in [3.05, 3.63) is 64.3 Å². The van der Waals surface area contributed by atoms with Gasteiger partial charge in [0.15, 0.2) is 5.78 Å². The molecule has 0 radical (unpaired) electrons. The Morgan fingerprint density at radius 3 is 2.52 bits per heavy atom. The molecule has 0 amide bonds. The lowest BCUT2D eigenvalue weighted by Crippen LogP contribution is -2.39. The van der Waals surface area contributed by atoms with E-state index in [4.69, 9.17) is 4.74 Å². The molecule has 0 bridgehead atoms. The Balaban J connectivity index is 1.94. The number of carbonyl (C=O) groups excluding carboxylic acids is 2. The van der Waals surface area contributed by atoms with Crippen LogP contribution in [0.5, 0.6) is 5.75 Å². The first-order valence-corrected chi connectivity index (χ1v) is 9.80. The van der Waals surface area contributed by atoms with Gasteiger partial charge in [-0.2, -0.15) is 0 Å². The molecule has 0 fully saturated rings. The monoisotopic (exact) mass is 398 g/mol. The van der Waals surface area contributed by atoms with Gasteiger partial charge < -0.3 is 14.9 Å². The van der Waals surface area contributed by atoms with E-state index in [1.807, 2.05) is 33.8 Å². The molecule has 156 valence electrons. The minimum atomic E-state index is -1.87. The fourth-order valence-corrected chi connectivity index (χ4v) is 3.23. The normalized spacial score (nSPS) is 20.2. The van der Waals surface area contributed by atoms with Crippen molar-refractivity contribution in [2.75, 3.05) is 0 Å². The van der Waals surface area contributed by atoms with E-state index in [2.05, 4.69) is 0 Å². The number of ketones is 2. The molecule has 2 atom stereocenters. The maximum absolute atomic E-state index is 12.6. The molecule has 29 heavy (non-hydrogen) atoms. The molecule has 1 aliphatic heterocycles. The van der Waals surface area contributed by atoms with E-state index in [0.29, 0.717) is 29.7 Å². The van der Waals surface area contributed by atoms with Gasteiger partial charge in [0.25, 0.3) is 5.79 Å². The van der Waals surface area contributed by atoms with Crippen molar-refractivity contribution in [1.82, 2.24) is 0 Å². The van der Waals surface area contributed by atoms with Gasteiger partial charge in [-0.3, -0.25) is 9.59 Å². The molecule has 5 nitrogen and oxygen atoms in total. The van der Waals surface area contributed by atoms with Gasteiger partial charge in [-0.05, 0) is 70.7 Å². The highest BCUT2D eigenvalue weighted by Crippen LogP contribution is 2.37. The molecule has 0 spiro atoms. The number of fused-ring (bicyclic) bond motifs is 1. The smallest absolute Gasteiger partial charge is 0.276 e. The molecule has 0 aliphatic carbocycles. The van der Waals surface area contributed by atoms with E-state index in [1.54, 1.807) is 31.2 Å². The van der Waals surface area contributed by atoms with Gasteiger partial charge in [0.1, 0.15) is 11.9 Å². The van der Waals surface area contributed by atoms with E-state index in [-0.39, 0.29) is 12.2 Å². The highest BCUT2D eigenvalue weighted by Gasteiger charge is 2.46. The van der Waals surface area contributed by atoms with Crippen LogP contribution in [-0.2, 0) is 4.79 Å². The van der Waals surface area contributed by atoms with Crippen LogP contribution in [0.15, 0.2) is 53.1 Å². The van der Waals surface area contributed by atoms with Crippen molar-refractivity contribution in [2.24, 2.45) is 0 Å². The second-order valence-corrected chi connectivity index (χ2v) is 7.90. The van der Waals surface area contributed by atoms with E-state index < -0.39 is 17.7 Å². The number of ether oxygens (including phenoxy) is 1. The molecule has 1 aromatic carbocycles. The summed E-state index contributed by atoms with van der Waals surface area (Å²) in [6, 6.07) is 5.29. The van der Waals surface area contributed by atoms with Crippen LogP contribution in [0.3, 0.4) is 0 Å². The van der Waals surface area contributed by atoms with Gasteiger partial charge in [0.2, 0.25) is 5.78 Å². The number of aryl methyl sites for hydroxylation is 1. The molecular weight excluding hydrogens is 368 g/mol. The molecule has 0 unspecified atom stereocenters. The number of aliphatic hydroxyl groups excluding tert-OH is 1. The van der Waals surface area contributed by atoms with Crippen molar-refractivity contribution in [2.45, 2.75) is 65.8 Å². The molecule has 0 saturated carbocycles. The lowest BCUT2D eigenvalue weighted by Gasteiger charge is -2.19. The topological polar surface area (TPSA) is 83.8 Å². The second-order valence-electron chi connectivity index (χ2n) is 7.90. The minimum absolute atomic E-state index is 0.0622. The SMILES string of the molecule is CC(C)=C[C@H](O)C(=O)C(C)=CCCC(C)=CC[C@@]1(O)Oc2cccc(C)c2C1=O. The Morgan fingerprint density at radius 2 is 1.90 bits per heavy atom. The van der Waals surface area contributed by atoms with Crippen LogP contribution >= 0.6 is 0 Å². The first-order valence-electron chi connectivity index (χ1n) is 9.80. The van der Waals surface area contributed by atoms with Crippen molar-refractivity contribution < 1.29 is 24.5 Å². The third-order valence-electron chi connectivity index (χ3n) is 4.96. The summed E-state index contributed by atoms with van der Waals surface area (Å²) >= 11 is 0. The summed E-state index contributed by atoms with van der Waals surface area (Å²) in [7, 11) is 0. The summed E-state index contributed by atoms with van der Waals surface area (Å²) in [4.78, 5) is 24.7. The largest absolute Gasteiger partial charge is 0.453 e. The van der Waals surface area contributed by atoms with Crippen LogP contribution in [0.25, 0.3) is 0 Å². The van der Waals surface area contributed by atoms with Gasteiger partial charge in [-0.25, -0.2) is 0 Å². The van der Waals surface area contributed by atoms with E-state index in [0.717, 1.165) is 16.7 Å². The number of carbonyl (C=O) groups is 2. The van der Waals surface area contributed by atoms with Gasteiger partial charge in [-0.1, -0.05) is 35.4 Å². The number of hydrogen-bond acceptors (Lipinski definition) is 5. The highest BCUT2D eigenvalue weighted by molar-refractivity contribution is 6.07. The maximum atomic E-state index is 12.6. The van der Waals surface area contributed by atoms with Crippen LogP contribution in [0.1, 0.15) is 62.9 Å². The average Bonchev–Trinajstić information content (AvgIpc) is 2.90. The standard InChI is InChI=1S/C24H30O5/c1-15(2)14-19(25)22(26)18(5)10-6-8-16(3)12-13-24(28)23(27)21-17(4)9-7-11-20(21)29-24/h7,9-12,14,19,25,28H,6,8,13H2,1-5H3/t19-,24+/m0/s1. The summed E-state index contributed by atoms with van der Waals surface area (Å²) in [5.74, 6) is -2.17. The fraction of sp³-hybridized carbons (Fsp3) is 0.417. The molecule has 1 aliphatic rings. The summed E-state index contributed by atoms with van der Waals surface area (Å²) in [6.45, 7) is 9.07. The third kappa shape index (κ3) is 5.52. The molecule has 5 heteroatoms. The molecule has 1 heterocycles. The predicted octanol–water partition coefficient (Wildman–Crippen LogP) is 4.22. The lowest BCUT2D eigenvalue weighted by molar-refractivity contribution is -0.121. The summed E-state index contributed by atoms with van der Waals surface area (Å²) in [5, 5.41) is 20.5. The van der Waals surface area contributed by atoms with Gasteiger partial charge in [0.05, 0.1) is 5.56 Å². The molecule has 0 saturated heterocycles. The number of aliphatic hydroxyl groups is 2. The van der Waals surface area contributed by atoms with E-state index in [9.17, 15) is 19.8 Å². The average molecular weight is 398 g/mol. The molecular formula is C24H30O5. The molecule has 2 rings (SSSR count). The Labute approximate surface area is 172 Å². The van der Waals surface area contributed by atoms with Gasteiger partial charge >= 0.3 is 0 Å². The zero-order valence-corrected chi connectivity index (χ0v) is 17.8.